The third-order valence-corrected chi connectivity index (χ3v) is 4.09. The molecule has 0 amide bonds. The number of nitrogens with two attached hydrogens (primary N) is 1. The largest absolute Gasteiger partial charge is 0.493 e. The van der Waals surface area contributed by atoms with Gasteiger partial charge in [-0.3, -0.25) is 4.90 Å². The summed E-state index contributed by atoms with van der Waals surface area (Å²) in [5, 5.41) is 0. The van der Waals surface area contributed by atoms with Gasteiger partial charge in [0.05, 0.1) is 14.2 Å². The van der Waals surface area contributed by atoms with Crippen LogP contribution in [0.2, 0.25) is 0 Å². The lowest BCUT2D eigenvalue weighted by Crippen LogP contribution is -2.36. The number of hydrogen-bond donors (Lipinski definition) is 1. The molecule has 1 aliphatic carbocycles. The summed E-state index contributed by atoms with van der Waals surface area (Å²) in [6.07, 6.45) is 5.29. The van der Waals surface area contributed by atoms with E-state index in [-0.39, 0.29) is 0 Å². The van der Waals surface area contributed by atoms with Crippen LogP contribution in [0.4, 0.5) is 0 Å². The molecule has 0 aromatic heterocycles. The van der Waals surface area contributed by atoms with Gasteiger partial charge in [0.2, 0.25) is 0 Å². The van der Waals surface area contributed by atoms with Crippen LogP contribution in [0.5, 0.6) is 11.5 Å². The third-order valence-electron chi connectivity index (χ3n) is 4.09. The highest BCUT2D eigenvalue weighted by atomic mass is 16.5. The second-order valence-corrected chi connectivity index (χ2v) is 5.39. The van der Waals surface area contributed by atoms with Crippen LogP contribution in [0.15, 0.2) is 18.2 Å². The molecule has 0 unspecified atom stereocenters. The van der Waals surface area contributed by atoms with Crippen molar-refractivity contribution in [2.75, 3.05) is 27.3 Å². The van der Waals surface area contributed by atoms with E-state index in [4.69, 9.17) is 15.2 Å². The quantitative estimate of drug-likeness (QED) is 0.832. The van der Waals surface area contributed by atoms with Crippen molar-refractivity contribution in [3.05, 3.63) is 23.8 Å². The summed E-state index contributed by atoms with van der Waals surface area (Å²) >= 11 is 0. The SMILES string of the molecule is COc1ccc(CN(CCN)C2CCCC2)cc1OC. The van der Waals surface area contributed by atoms with Crippen LogP contribution in [-0.2, 0) is 6.54 Å². The summed E-state index contributed by atoms with van der Waals surface area (Å²) in [6.45, 7) is 2.60. The number of nitrogens with zero attached hydrogens (tertiary/aromatic N) is 1. The van der Waals surface area contributed by atoms with Crippen molar-refractivity contribution in [1.82, 2.24) is 4.90 Å². The molecule has 4 heteroatoms. The molecule has 0 radical (unpaired) electrons. The highest BCUT2D eigenvalue weighted by molar-refractivity contribution is 5.42. The number of ether oxygens (including phenoxy) is 2. The van der Waals surface area contributed by atoms with E-state index < -0.39 is 0 Å². The molecule has 1 aromatic carbocycles. The monoisotopic (exact) mass is 278 g/mol. The average Bonchev–Trinajstić information content (AvgIpc) is 3.00. The Hall–Kier alpha value is -1.26. The molecule has 1 aromatic rings. The van der Waals surface area contributed by atoms with Crippen molar-refractivity contribution in [2.45, 2.75) is 38.3 Å². The first-order chi connectivity index (χ1) is 9.78. The molecule has 0 heterocycles. The lowest BCUT2D eigenvalue weighted by Gasteiger charge is -2.28. The highest BCUT2D eigenvalue weighted by Crippen LogP contribution is 2.29. The summed E-state index contributed by atoms with van der Waals surface area (Å²) in [4.78, 5) is 2.51. The zero-order valence-electron chi connectivity index (χ0n) is 12.6. The van der Waals surface area contributed by atoms with Crippen molar-refractivity contribution < 1.29 is 9.47 Å². The van der Waals surface area contributed by atoms with Crippen LogP contribution in [0, 0.1) is 0 Å². The van der Waals surface area contributed by atoms with Crippen molar-refractivity contribution in [1.29, 1.82) is 0 Å². The molecular weight excluding hydrogens is 252 g/mol. The Labute approximate surface area is 121 Å². The van der Waals surface area contributed by atoms with Gasteiger partial charge in [-0.25, -0.2) is 0 Å². The smallest absolute Gasteiger partial charge is 0.161 e. The molecule has 2 rings (SSSR count). The number of methoxy groups -OCH3 is 2. The van der Waals surface area contributed by atoms with Gasteiger partial charge in [0.15, 0.2) is 11.5 Å². The maximum atomic E-state index is 5.77. The maximum Gasteiger partial charge on any atom is 0.161 e. The van der Waals surface area contributed by atoms with Crippen LogP contribution >= 0.6 is 0 Å². The lowest BCUT2D eigenvalue weighted by molar-refractivity contribution is 0.195. The summed E-state index contributed by atoms with van der Waals surface area (Å²) in [5.74, 6) is 1.58. The van der Waals surface area contributed by atoms with Gasteiger partial charge in [-0.1, -0.05) is 18.9 Å². The van der Waals surface area contributed by atoms with Gasteiger partial charge in [-0.15, -0.1) is 0 Å². The van der Waals surface area contributed by atoms with Crippen molar-refractivity contribution in [3.63, 3.8) is 0 Å². The Morgan fingerprint density at radius 3 is 2.45 bits per heavy atom. The van der Waals surface area contributed by atoms with Gasteiger partial charge in [0.25, 0.3) is 0 Å². The standard InChI is InChI=1S/C16H26N2O2/c1-19-15-8-7-13(11-16(15)20-2)12-18(10-9-17)14-5-3-4-6-14/h7-8,11,14H,3-6,9-10,12,17H2,1-2H3. The molecule has 4 nitrogen and oxygen atoms in total. The van der Waals surface area contributed by atoms with E-state index in [1.165, 1.54) is 31.2 Å². The summed E-state index contributed by atoms with van der Waals surface area (Å²) in [6, 6.07) is 6.84. The summed E-state index contributed by atoms with van der Waals surface area (Å²) in [7, 11) is 3.34. The second kappa shape index (κ2) is 7.50. The number of rotatable bonds is 7. The highest BCUT2D eigenvalue weighted by Gasteiger charge is 2.22. The van der Waals surface area contributed by atoms with E-state index in [2.05, 4.69) is 17.0 Å². The van der Waals surface area contributed by atoms with E-state index in [1.54, 1.807) is 14.2 Å². The average molecular weight is 278 g/mol. The molecule has 0 bridgehead atoms. The molecule has 20 heavy (non-hydrogen) atoms. The van der Waals surface area contributed by atoms with Gasteiger partial charge in [-0.05, 0) is 30.5 Å². The summed E-state index contributed by atoms with van der Waals surface area (Å²) < 4.78 is 10.7. The van der Waals surface area contributed by atoms with Gasteiger partial charge >= 0.3 is 0 Å². The molecular formula is C16H26N2O2. The van der Waals surface area contributed by atoms with Crippen LogP contribution < -0.4 is 15.2 Å². The fourth-order valence-electron chi connectivity index (χ4n) is 3.04. The minimum absolute atomic E-state index is 0.687. The van der Waals surface area contributed by atoms with Crippen molar-refractivity contribution in [2.24, 2.45) is 5.73 Å². The van der Waals surface area contributed by atoms with E-state index in [1.807, 2.05) is 6.07 Å². The van der Waals surface area contributed by atoms with E-state index in [9.17, 15) is 0 Å². The van der Waals surface area contributed by atoms with Gasteiger partial charge in [0.1, 0.15) is 0 Å². The van der Waals surface area contributed by atoms with Gasteiger partial charge < -0.3 is 15.2 Å². The zero-order valence-corrected chi connectivity index (χ0v) is 12.6. The van der Waals surface area contributed by atoms with E-state index >= 15 is 0 Å². The fraction of sp³-hybridized carbons (Fsp3) is 0.625. The lowest BCUT2D eigenvalue weighted by atomic mass is 10.1. The van der Waals surface area contributed by atoms with Gasteiger partial charge in [0, 0.05) is 25.7 Å². The van der Waals surface area contributed by atoms with Crippen LogP contribution in [0.1, 0.15) is 31.2 Å². The van der Waals surface area contributed by atoms with Gasteiger partial charge in [-0.2, -0.15) is 0 Å². The second-order valence-electron chi connectivity index (χ2n) is 5.39. The van der Waals surface area contributed by atoms with E-state index in [0.29, 0.717) is 12.6 Å². The predicted octanol–water partition coefficient (Wildman–Crippen LogP) is 2.41. The Kier molecular flexibility index (Phi) is 5.68. The van der Waals surface area contributed by atoms with Crippen LogP contribution in [0.25, 0.3) is 0 Å². The molecule has 0 saturated heterocycles. The molecule has 1 aliphatic rings. The maximum absolute atomic E-state index is 5.77. The predicted molar refractivity (Wildman–Crippen MR) is 81.3 cm³/mol. The Bertz CT molecular complexity index is 417. The molecule has 0 aliphatic heterocycles. The molecule has 112 valence electrons. The molecule has 0 spiro atoms. The van der Waals surface area contributed by atoms with Crippen molar-refractivity contribution in [3.8, 4) is 11.5 Å². The first-order valence-electron chi connectivity index (χ1n) is 7.43. The minimum Gasteiger partial charge on any atom is -0.493 e. The fourth-order valence-corrected chi connectivity index (χ4v) is 3.04. The molecule has 1 fully saturated rings. The minimum atomic E-state index is 0.687. The first kappa shape index (κ1) is 15.1. The number of hydrogen-bond acceptors (Lipinski definition) is 4. The Morgan fingerprint density at radius 1 is 1.15 bits per heavy atom. The normalized spacial score (nSPS) is 15.8. The zero-order chi connectivity index (χ0) is 14.4. The van der Waals surface area contributed by atoms with Crippen molar-refractivity contribution >= 4 is 0 Å². The molecule has 1 saturated carbocycles. The summed E-state index contributed by atoms with van der Waals surface area (Å²) in [5.41, 5.74) is 7.02. The molecule has 0 atom stereocenters. The third kappa shape index (κ3) is 3.64. The first-order valence-corrected chi connectivity index (χ1v) is 7.43. The van der Waals surface area contributed by atoms with E-state index in [0.717, 1.165) is 24.6 Å². The molecule has 2 N–H and O–H groups in total. The Morgan fingerprint density at radius 2 is 1.85 bits per heavy atom. The van der Waals surface area contributed by atoms with Crippen LogP contribution in [0.3, 0.4) is 0 Å². The topological polar surface area (TPSA) is 47.7 Å². The van der Waals surface area contributed by atoms with Crippen LogP contribution in [-0.4, -0.2) is 38.3 Å². The Balaban J connectivity index is 2.09. The number of benzene rings is 1.